The highest BCUT2D eigenvalue weighted by atomic mass is 16.5. The molecular formula is C24H23N3O3. The molecule has 0 unspecified atom stereocenters. The summed E-state index contributed by atoms with van der Waals surface area (Å²) in [5.41, 5.74) is 4.97. The molecular weight excluding hydrogens is 378 g/mol. The molecule has 1 aromatic heterocycles. The number of nitrogens with zero attached hydrogens (tertiary/aromatic N) is 3. The summed E-state index contributed by atoms with van der Waals surface area (Å²) in [4.78, 5) is 24.3. The fourth-order valence-electron chi connectivity index (χ4n) is 4.45. The van der Waals surface area contributed by atoms with Crippen LogP contribution in [0, 0.1) is 0 Å². The monoisotopic (exact) mass is 401 g/mol. The Morgan fingerprint density at radius 2 is 1.87 bits per heavy atom. The molecule has 3 aromatic rings. The number of Topliss-reactive ketones (excluding diaryl/α,β-unsaturated/α-hetero) is 1. The smallest absolute Gasteiger partial charge is 0.230 e. The summed E-state index contributed by atoms with van der Waals surface area (Å²) in [7, 11) is 3.24. The van der Waals surface area contributed by atoms with Crippen molar-refractivity contribution in [1.82, 2.24) is 9.97 Å². The first-order valence-electron chi connectivity index (χ1n) is 10.1. The lowest BCUT2D eigenvalue weighted by molar-refractivity contribution is 0.0962. The van der Waals surface area contributed by atoms with Crippen LogP contribution in [-0.2, 0) is 12.8 Å². The van der Waals surface area contributed by atoms with Crippen LogP contribution in [0.5, 0.6) is 11.5 Å². The zero-order valence-corrected chi connectivity index (χ0v) is 17.1. The summed E-state index contributed by atoms with van der Waals surface area (Å²) in [6.07, 6.45) is 3.81. The molecule has 1 aliphatic heterocycles. The molecule has 6 heteroatoms. The van der Waals surface area contributed by atoms with E-state index >= 15 is 0 Å². The number of fused-ring (bicyclic) bond motifs is 2. The van der Waals surface area contributed by atoms with Gasteiger partial charge in [-0.3, -0.25) is 4.79 Å². The van der Waals surface area contributed by atoms with E-state index in [1.807, 2.05) is 24.3 Å². The number of para-hydroxylation sites is 1. The zero-order valence-electron chi connectivity index (χ0n) is 17.1. The topological polar surface area (TPSA) is 64.5 Å². The molecule has 0 saturated heterocycles. The number of rotatable bonds is 4. The summed E-state index contributed by atoms with van der Waals surface area (Å²) in [5, 5.41) is 0. The van der Waals surface area contributed by atoms with Crippen molar-refractivity contribution >= 4 is 17.4 Å². The van der Waals surface area contributed by atoms with Gasteiger partial charge in [0, 0.05) is 24.8 Å². The summed E-state index contributed by atoms with van der Waals surface area (Å²) < 4.78 is 10.8. The predicted molar refractivity (Wildman–Crippen MR) is 114 cm³/mol. The number of carbonyl (C=O) groups is 1. The standard InChI is InChI=1S/C24H23N3O3/c1-29-22-8-7-16(13-23(22)30-2)17-11-19-18(21(28)12-17)14-25-24(26-19)27-10-9-15-5-3-4-6-20(15)27/h3-8,13-14,17H,9-12H2,1-2H3/t17-/m0/s1. The van der Waals surface area contributed by atoms with E-state index in [0.29, 0.717) is 35.9 Å². The number of benzene rings is 2. The van der Waals surface area contributed by atoms with Crippen LogP contribution in [-0.4, -0.2) is 36.5 Å². The third-order valence-corrected chi connectivity index (χ3v) is 6.03. The van der Waals surface area contributed by atoms with Crippen LogP contribution in [0.1, 0.15) is 39.5 Å². The predicted octanol–water partition coefficient (Wildman–Crippen LogP) is 4.10. The number of ketones is 1. The van der Waals surface area contributed by atoms with Gasteiger partial charge in [0.15, 0.2) is 17.3 Å². The highest BCUT2D eigenvalue weighted by Gasteiger charge is 2.30. The lowest BCUT2D eigenvalue weighted by Crippen LogP contribution is -2.23. The molecule has 1 atom stereocenters. The first-order chi connectivity index (χ1) is 14.7. The number of hydrogen-bond acceptors (Lipinski definition) is 6. The average molecular weight is 401 g/mol. The molecule has 5 rings (SSSR count). The lowest BCUT2D eigenvalue weighted by atomic mass is 9.82. The van der Waals surface area contributed by atoms with Crippen molar-refractivity contribution in [3.8, 4) is 11.5 Å². The molecule has 30 heavy (non-hydrogen) atoms. The molecule has 0 amide bonds. The highest BCUT2D eigenvalue weighted by molar-refractivity contribution is 5.98. The van der Waals surface area contributed by atoms with Gasteiger partial charge in [0.2, 0.25) is 5.95 Å². The van der Waals surface area contributed by atoms with Crippen molar-refractivity contribution in [3.05, 3.63) is 71.0 Å². The number of methoxy groups -OCH3 is 2. The van der Waals surface area contributed by atoms with E-state index in [0.717, 1.165) is 29.9 Å². The zero-order chi connectivity index (χ0) is 20.7. The van der Waals surface area contributed by atoms with E-state index < -0.39 is 0 Å². The van der Waals surface area contributed by atoms with E-state index in [4.69, 9.17) is 14.5 Å². The molecule has 2 aromatic carbocycles. The van der Waals surface area contributed by atoms with E-state index in [-0.39, 0.29) is 11.7 Å². The Kier molecular flexibility index (Phi) is 4.62. The minimum atomic E-state index is 0.0541. The fraction of sp³-hybridized carbons (Fsp3) is 0.292. The molecule has 0 bridgehead atoms. The average Bonchev–Trinajstić information content (AvgIpc) is 3.22. The van der Waals surface area contributed by atoms with Crippen molar-refractivity contribution in [2.45, 2.75) is 25.2 Å². The number of ether oxygens (including phenoxy) is 2. The molecule has 0 fully saturated rings. The second kappa shape index (κ2) is 7.44. The Morgan fingerprint density at radius 3 is 2.70 bits per heavy atom. The van der Waals surface area contributed by atoms with Crippen molar-refractivity contribution in [2.24, 2.45) is 0 Å². The first kappa shape index (κ1) is 18.6. The van der Waals surface area contributed by atoms with Crippen molar-refractivity contribution in [2.75, 3.05) is 25.7 Å². The maximum Gasteiger partial charge on any atom is 0.230 e. The van der Waals surface area contributed by atoms with E-state index in [1.54, 1.807) is 20.4 Å². The Balaban J connectivity index is 1.47. The summed E-state index contributed by atoms with van der Waals surface area (Å²) in [6, 6.07) is 14.2. The van der Waals surface area contributed by atoms with Gasteiger partial charge in [0.1, 0.15) is 0 Å². The molecule has 1 aliphatic carbocycles. The van der Waals surface area contributed by atoms with Gasteiger partial charge in [0.25, 0.3) is 0 Å². The van der Waals surface area contributed by atoms with Gasteiger partial charge in [-0.15, -0.1) is 0 Å². The largest absolute Gasteiger partial charge is 0.493 e. The van der Waals surface area contributed by atoms with Crippen LogP contribution in [0.4, 0.5) is 11.6 Å². The van der Waals surface area contributed by atoms with Crippen LogP contribution in [0.25, 0.3) is 0 Å². The van der Waals surface area contributed by atoms with Gasteiger partial charge in [-0.25, -0.2) is 9.97 Å². The second-order valence-electron chi connectivity index (χ2n) is 7.70. The van der Waals surface area contributed by atoms with Gasteiger partial charge in [0.05, 0.1) is 25.5 Å². The molecule has 6 nitrogen and oxygen atoms in total. The Bertz CT molecular complexity index is 1130. The molecule has 152 valence electrons. The number of aromatic nitrogens is 2. The van der Waals surface area contributed by atoms with Gasteiger partial charge in [-0.1, -0.05) is 24.3 Å². The maximum atomic E-state index is 12.8. The third-order valence-electron chi connectivity index (χ3n) is 6.03. The van der Waals surface area contributed by atoms with Gasteiger partial charge < -0.3 is 14.4 Å². The van der Waals surface area contributed by atoms with Gasteiger partial charge in [-0.2, -0.15) is 0 Å². The number of anilines is 2. The fourth-order valence-corrected chi connectivity index (χ4v) is 4.45. The Labute approximate surface area is 175 Å². The first-order valence-corrected chi connectivity index (χ1v) is 10.1. The lowest BCUT2D eigenvalue weighted by Gasteiger charge is -2.25. The summed E-state index contributed by atoms with van der Waals surface area (Å²) >= 11 is 0. The minimum Gasteiger partial charge on any atom is -0.493 e. The normalized spacial score (nSPS) is 17.5. The van der Waals surface area contributed by atoms with E-state index in [9.17, 15) is 4.79 Å². The molecule has 0 N–H and O–H groups in total. The van der Waals surface area contributed by atoms with Gasteiger partial charge >= 0.3 is 0 Å². The molecule has 0 spiro atoms. The second-order valence-corrected chi connectivity index (χ2v) is 7.70. The maximum absolute atomic E-state index is 12.8. The molecule has 0 radical (unpaired) electrons. The van der Waals surface area contributed by atoms with Crippen LogP contribution in [0.2, 0.25) is 0 Å². The van der Waals surface area contributed by atoms with E-state index in [1.165, 1.54) is 5.56 Å². The van der Waals surface area contributed by atoms with Crippen LogP contribution in [0.3, 0.4) is 0 Å². The molecule has 2 heterocycles. The minimum absolute atomic E-state index is 0.0541. The third kappa shape index (κ3) is 3.09. The highest BCUT2D eigenvalue weighted by Crippen LogP contribution is 2.38. The van der Waals surface area contributed by atoms with Crippen LogP contribution >= 0.6 is 0 Å². The van der Waals surface area contributed by atoms with Crippen LogP contribution in [0.15, 0.2) is 48.7 Å². The summed E-state index contributed by atoms with van der Waals surface area (Å²) in [6.45, 7) is 0.852. The number of carbonyl (C=O) groups excluding carboxylic acids is 1. The van der Waals surface area contributed by atoms with E-state index in [2.05, 4.69) is 28.1 Å². The quantitative estimate of drug-likeness (QED) is 0.656. The van der Waals surface area contributed by atoms with Crippen LogP contribution < -0.4 is 14.4 Å². The van der Waals surface area contributed by atoms with Crippen molar-refractivity contribution in [1.29, 1.82) is 0 Å². The Morgan fingerprint density at radius 1 is 1.03 bits per heavy atom. The van der Waals surface area contributed by atoms with Gasteiger partial charge in [-0.05, 0) is 48.1 Å². The molecule has 2 aliphatic rings. The summed E-state index contributed by atoms with van der Waals surface area (Å²) in [5.74, 6) is 2.16. The molecule has 0 saturated carbocycles. The van der Waals surface area contributed by atoms with Crippen molar-refractivity contribution < 1.29 is 14.3 Å². The Hall–Kier alpha value is -3.41. The number of hydrogen-bond donors (Lipinski definition) is 0. The van der Waals surface area contributed by atoms with Crippen molar-refractivity contribution in [3.63, 3.8) is 0 Å². The SMILES string of the molecule is COc1ccc([C@@H]2CC(=O)c3cnc(N4CCc5ccccc54)nc3C2)cc1OC.